The fraction of sp³-hybridized carbons (Fsp3) is 0.500. The molecule has 1 fully saturated rings. The van der Waals surface area contributed by atoms with Crippen molar-refractivity contribution in [2.75, 3.05) is 19.7 Å². The van der Waals surface area contributed by atoms with Crippen LogP contribution in [0.15, 0.2) is 18.2 Å². The first-order valence-corrected chi connectivity index (χ1v) is 8.71. The van der Waals surface area contributed by atoms with Crippen LogP contribution in [0.5, 0.6) is 0 Å². The van der Waals surface area contributed by atoms with E-state index in [9.17, 15) is 4.79 Å². The Morgan fingerprint density at radius 3 is 2.74 bits per heavy atom. The van der Waals surface area contributed by atoms with Crippen molar-refractivity contribution in [3.05, 3.63) is 33.8 Å². The lowest BCUT2D eigenvalue weighted by Gasteiger charge is -2.31. The van der Waals surface area contributed by atoms with Crippen LogP contribution >= 0.6 is 23.2 Å². The highest BCUT2D eigenvalue weighted by Gasteiger charge is 2.24. The Morgan fingerprint density at radius 1 is 1.35 bits per heavy atom. The van der Waals surface area contributed by atoms with Crippen LogP contribution < -0.4 is 0 Å². The van der Waals surface area contributed by atoms with Gasteiger partial charge in [0, 0.05) is 25.4 Å². The van der Waals surface area contributed by atoms with Crippen LogP contribution in [-0.2, 0) is 4.79 Å². The lowest BCUT2D eigenvalue weighted by atomic mass is 9.90. The standard InChI is InChI=1S/C16H17Cl2NO2.C2H6/c17-14-7-6-12(10-15(14)18)13-4-3-8-19(11-13)16(21)5-1-2-9-20;1-2/h6-7,10,13,20H,2-4,8-9,11H2;1-2H3. The van der Waals surface area contributed by atoms with Crippen LogP contribution in [0, 0.1) is 11.8 Å². The average Bonchev–Trinajstić information content (AvgIpc) is 2.59. The fourth-order valence-electron chi connectivity index (χ4n) is 2.47. The SMILES string of the molecule is CC.O=C(C#CCCO)N1CCCC(c2ccc(Cl)c(Cl)c2)C1. The highest BCUT2D eigenvalue weighted by molar-refractivity contribution is 6.42. The molecular formula is C18H23Cl2NO2. The summed E-state index contributed by atoms with van der Waals surface area (Å²) >= 11 is 12.0. The summed E-state index contributed by atoms with van der Waals surface area (Å²) in [6, 6.07) is 5.63. The molecule has 0 bridgehead atoms. The van der Waals surface area contributed by atoms with Crippen molar-refractivity contribution in [2.24, 2.45) is 0 Å². The number of rotatable bonds is 2. The molecule has 1 heterocycles. The molecular weight excluding hydrogens is 333 g/mol. The van der Waals surface area contributed by atoms with Crippen LogP contribution in [0.3, 0.4) is 0 Å². The fourth-order valence-corrected chi connectivity index (χ4v) is 2.78. The number of nitrogens with zero attached hydrogens (tertiary/aromatic N) is 1. The Balaban J connectivity index is 0.00000127. The van der Waals surface area contributed by atoms with Gasteiger partial charge in [-0.1, -0.05) is 49.0 Å². The second-order valence-electron chi connectivity index (χ2n) is 5.04. The molecule has 1 N–H and O–H groups in total. The van der Waals surface area contributed by atoms with E-state index >= 15 is 0 Å². The predicted octanol–water partition coefficient (Wildman–Crippen LogP) is 4.11. The molecule has 3 nitrogen and oxygen atoms in total. The maximum Gasteiger partial charge on any atom is 0.298 e. The summed E-state index contributed by atoms with van der Waals surface area (Å²) < 4.78 is 0. The summed E-state index contributed by atoms with van der Waals surface area (Å²) in [5.74, 6) is 5.34. The van der Waals surface area contributed by atoms with Gasteiger partial charge in [0.05, 0.1) is 16.7 Å². The van der Waals surface area contributed by atoms with Gasteiger partial charge in [0.25, 0.3) is 5.91 Å². The Hall–Kier alpha value is -1.21. The van der Waals surface area contributed by atoms with Gasteiger partial charge in [-0.05, 0) is 36.5 Å². The van der Waals surface area contributed by atoms with Crippen LogP contribution in [0.4, 0.5) is 0 Å². The summed E-state index contributed by atoms with van der Waals surface area (Å²) in [5.41, 5.74) is 1.10. The zero-order valence-electron chi connectivity index (χ0n) is 13.6. The molecule has 1 aromatic carbocycles. The molecule has 1 amide bonds. The molecule has 1 atom stereocenters. The van der Waals surface area contributed by atoms with Crippen LogP contribution in [0.1, 0.15) is 44.6 Å². The molecule has 0 radical (unpaired) electrons. The molecule has 1 aliphatic rings. The number of likely N-dealkylation sites (tertiary alicyclic amines) is 1. The number of benzene rings is 1. The molecule has 1 aromatic rings. The van der Waals surface area contributed by atoms with Crippen LogP contribution in [-0.4, -0.2) is 35.6 Å². The van der Waals surface area contributed by atoms with Crippen molar-refractivity contribution in [3.63, 3.8) is 0 Å². The number of piperidine rings is 1. The molecule has 1 aliphatic heterocycles. The Kier molecular flexibility index (Phi) is 9.09. The molecule has 0 spiro atoms. The van der Waals surface area contributed by atoms with Gasteiger partial charge in [-0.3, -0.25) is 4.79 Å². The largest absolute Gasteiger partial charge is 0.395 e. The Labute approximate surface area is 148 Å². The number of aliphatic hydroxyl groups is 1. The third-order valence-electron chi connectivity index (χ3n) is 3.56. The van der Waals surface area contributed by atoms with Crippen LogP contribution in [0.25, 0.3) is 0 Å². The minimum absolute atomic E-state index is 0.0216. The molecule has 2 rings (SSSR count). The van der Waals surface area contributed by atoms with Crippen molar-refractivity contribution in [2.45, 2.75) is 39.0 Å². The third kappa shape index (κ3) is 6.06. The van der Waals surface area contributed by atoms with Crippen molar-refractivity contribution in [3.8, 4) is 11.8 Å². The van der Waals surface area contributed by atoms with Gasteiger partial charge in [0.1, 0.15) is 0 Å². The maximum atomic E-state index is 12.0. The molecule has 0 aromatic heterocycles. The first-order valence-electron chi connectivity index (χ1n) is 7.95. The monoisotopic (exact) mass is 355 g/mol. The number of hydrogen-bond acceptors (Lipinski definition) is 2. The second-order valence-corrected chi connectivity index (χ2v) is 5.85. The van der Waals surface area contributed by atoms with Gasteiger partial charge in [-0.2, -0.15) is 0 Å². The number of hydrogen-bond donors (Lipinski definition) is 1. The Bertz CT molecular complexity index is 578. The molecule has 0 aliphatic carbocycles. The zero-order chi connectivity index (χ0) is 17.2. The summed E-state index contributed by atoms with van der Waals surface area (Å²) in [7, 11) is 0. The van der Waals surface area contributed by atoms with E-state index in [2.05, 4.69) is 11.8 Å². The highest BCUT2D eigenvalue weighted by Crippen LogP contribution is 2.31. The van der Waals surface area contributed by atoms with Crippen molar-refractivity contribution in [1.29, 1.82) is 0 Å². The summed E-state index contributed by atoms with van der Waals surface area (Å²) in [5, 5.41) is 9.76. The van der Waals surface area contributed by atoms with E-state index in [1.807, 2.05) is 26.0 Å². The number of carbonyl (C=O) groups is 1. The summed E-state index contributed by atoms with van der Waals surface area (Å²) in [6.45, 7) is 5.35. The smallest absolute Gasteiger partial charge is 0.298 e. The minimum atomic E-state index is -0.173. The quantitative estimate of drug-likeness (QED) is 0.810. The minimum Gasteiger partial charge on any atom is -0.395 e. The van der Waals surface area contributed by atoms with E-state index in [1.54, 1.807) is 11.0 Å². The van der Waals surface area contributed by atoms with Gasteiger partial charge in [-0.15, -0.1) is 0 Å². The maximum absolute atomic E-state index is 12.0. The van der Waals surface area contributed by atoms with Crippen molar-refractivity contribution < 1.29 is 9.90 Å². The van der Waals surface area contributed by atoms with Gasteiger partial charge < -0.3 is 10.0 Å². The van der Waals surface area contributed by atoms with E-state index in [0.717, 1.165) is 24.9 Å². The number of aliphatic hydroxyl groups excluding tert-OH is 1. The first kappa shape index (κ1) is 19.8. The van der Waals surface area contributed by atoms with Crippen molar-refractivity contribution >= 4 is 29.1 Å². The first-order chi connectivity index (χ1) is 11.1. The Morgan fingerprint density at radius 2 is 2.09 bits per heavy atom. The number of halogens is 2. The van der Waals surface area contributed by atoms with E-state index in [4.69, 9.17) is 28.3 Å². The summed E-state index contributed by atoms with van der Waals surface area (Å²) in [4.78, 5) is 13.8. The van der Waals surface area contributed by atoms with E-state index in [1.165, 1.54) is 0 Å². The zero-order valence-corrected chi connectivity index (χ0v) is 15.1. The molecule has 23 heavy (non-hydrogen) atoms. The van der Waals surface area contributed by atoms with Gasteiger partial charge in [0.15, 0.2) is 0 Å². The molecule has 126 valence electrons. The molecule has 1 saturated heterocycles. The highest BCUT2D eigenvalue weighted by atomic mass is 35.5. The normalized spacial score (nSPS) is 16.7. The average molecular weight is 356 g/mol. The second kappa shape index (κ2) is 10.5. The van der Waals surface area contributed by atoms with E-state index in [-0.39, 0.29) is 18.4 Å². The lowest BCUT2D eigenvalue weighted by Crippen LogP contribution is -2.38. The lowest BCUT2D eigenvalue weighted by molar-refractivity contribution is -0.126. The van der Waals surface area contributed by atoms with Gasteiger partial charge in [-0.25, -0.2) is 0 Å². The van der Waals surface area contributed by atoms with E-state index < -0.39 is 0 Å². The number of amides is 1. The number of carbonyl (C=O) groups excluding carboxylic acids is 1. The predicted molar refractivity (Wildman–Crippen MR) is 95.8 cm³/mol. The molecule has 5 heteroatoms. The van der Waals surface area contributed by atoms with Gasteiger partial charge >= 0.3 is 0 Å². The topological polar surface area (TPSA) is 40.5 Å². The van der Waals surface area contributed by atoms with Crippen molar-refractivity contribution in [1.82, 2.24) is 4.90 Å². The van der Waals surface area contributed by atoms with Gasteiger partial charge in [0.2, 0.25) is 0 Å². The molecule has 1 unspecified atom stereocenters. The summed E-state index contributed by atoms with van der Waals surface area (Å²) in [6.07, 6.45) is 2.29. The van der Waals surface area contributed by atoms with Crippen LogP contribution in [0.2, 0.25) is 10.0 Å². The third-order valence-corrected chi connectivity index (χ3v) is 4.29. The molecule has 0 saturated carbocycles. The van der Waals surface area contributed by atoms with E-state index in [0.29, 0.717) is 23.0 Å².